The van der Waals surface area contributed by atoms with Crippen molar-refractivity contribution < 1.29 is 14.3 Å². The lowest BCUT2D eigenvalue weighted by atomic mass is 10.1. The maximum atomic E-state index is 11.9. The van der Waals surface area contributed by atoms with E-state index in [2.05, 4.69) is 5.32 Å². The Morgan fingerprint density at radius 2 is 1.92 bits per heavy atom. The van der Waals surface area contributed by atoms with Crippen LogP contribution in [0.3, 0.4) is 0 Å². The van der Waals surface area contributed by atoms with E-state index in [-0.39, 0.29) is 11.9 Å². The third kappa shape index (κ3) is 5.91. The zero-order chi connectivity index (χ0) is 17.4. The van der Waals surface area contributed by atoms with Crippen molar-refractivity contribution in [2.24, 2.45) is 0 Å². The highest BCUT2D eigenvalue weighted by Gasteiger charge is 2.08. The van der Waals surface area contributed by atoms with Crippen molar-refractivity contribution in [2.45, 2.75) is 12.7 Å². The first kappa shape index (κ1) is 18.4. The molecule has 1 N–H and O–H groups in total. The first-order valence-electron chi connectivity index (χ1n) is 7.47. The van der Waals surface area contributed by atoms with Crippen molar-refractivity contribution in [1.29, 1.82) is 0 Å². The van der Waals surface area contributed by atoms with Crippen LogP contribution in [0.5, 0.6) is 0 Å². The number of amides is 1. The lowest BCUT2D eigenvalue weighted by molar-refractivity contribution is -0.113. The van der Waals surface area contributed by atoms with Gasteiger partial charge < -0.3 is 10.1 Å². The van der Waals surface area contributed by atoms with Crippen molar-refractivity contribution in [3.05, 3.63) is 64.7 Å². The number of carbonyl (C=O) groups is 2. The SMILES string of the molecule is CCOC(=O)c1cccc(CSCC(=O)Nc2ccc(Cl)cc2)c1. The molecule has 0 aromatic heterocycles. The molecule has 0 aliphatic heterocycles. The van der Waals surface area contributed by atoms with E-state index in [0.717, 1.165) is 5.56 Å². The van der Waals surface area contributed by atoms with Crippen LogP contribution in [0, 0.1) is 0 Å². The molecule has 0 unspecified atom stereocenters. The quantitative estimate of drug-likeness (QED) is 0.741. The van der Waals surface area contributed by atoms with E-state index in [1.165, 1.54) is 11.8 Å². The molecule has 0 aliphatic rings. The van der Waals surface area contributed by atoms with E-state index < -0.39 is 0 Å². The van der Waals surface area contributed by atoms with Gasteiger partial charge in [-0.05, 0) is 48.9 Å². The molecule has 0 atom stereocenters. The highest BCUT2D eigenvalue weighted by molar-refractivity contribution is 7.99. The van der Waals surface area contributed by atoms with Gasteiger partial charge in [-0.2, -0.15) is 0 Å². The molecular formula is C18H18ClNO3S. The molecule has 0 saturated carbocycles. The number of rotatable bonds is 7. The van der Waals surface area contributed by atoms with Gasteiger partial charge >= 0.3 is 5.97 Å². The molecule has 2 rings (SSSR count). The van der Waals surface area contributed by atoms with E-state index in [9.17, 15) is 9.59 Å². The second-order valence-electron chi connectivity index (χ2n) is 4.97. The van der Waals surface area contributed by atoms with Gasteiger partial charge in [-0.25, -0.2) is 4.79 Å². The summed E-state index contributed by atoms with van der Waals surface area (Å²) in [5.41, 5.74) is 2.22. The standard InChI is InChI=1S/C18H18ClNO3S/c1-2-23-18(22)14-5-3-4-13(10-14)11-24-12-17(21)20-16-8-6-15(19)7-9-16/h3-10H,2,11-12H2,1H3,(H,20,21). The molecule has 4 nitrogen and oxygen atoms in total. The largest absolute Gasteiger partial charge is 0.462 e. The number of esters is 1. The Morgan fingerprint density at radius 3 is 2.62 bits per heavy atom. The van der Waals surface area contributed by atoms with E-state index in [1.54, 1.807) is 43.3 Å². The fourth-order valence-electron chi connectivity index (χ4n) is 1.99. The van der Waals surface area contributed by atoms with Gasteiger partial charge in [0.15, 0.2) is 0 Å². The zero-order valence-corrected chi connectivity index (χ0v) is 14.8. The van der Waals surface area contributed by atoms with Crippen LogP contribution in [0.2, 0.25) is 5.02 Å². The lowest BCUT2D eigenvalue weighted by Gasteiger charge is -2.07. The number of benzene rings is 2. The predicted molar refractivity (Wildman–Crippen MR) is 98.6 cm³/mol. The third-order valence-electron chi connectivity index (χ3n) is 3.07. The lowest BCUT2D eigenvalue weighted by Crippen LogP contribution is -2.14. The maximum Gasteiger partial charge on any atom is 0.338 e. The summed E-state index contributed by atoms with van der Waals surface area (Å²) in [5.74, 6) is 0.557. The van der Waals surface area contributed by atoms with E-state index in [1.807, 2.05) is 12.1 Å². The van der Waals surface area contributed by atoms with Crippen LogP contribution in [0.1, 0.15) is 22.8 Å². The van der Waals surface area contributed by atoms with Crippen molar-refractivity contribution in [3.8, 4) is 0 Å². The molecule has 0 spiro atoms. The van der Waals surface area contributed by atoms with Gasteiger partial charge in [0.2, 0.25) is 5.91 Å². The maximum absolute atomic E-state index is 11.9. The van der Waals surface area contributed by atoms with Crippen molar-refractivity contribution in [3.63, 3.8) is 0 Å². The Labute approximate surface area is 150 Å². The van der Waals surface area contributed by atoms with E-state index in [4.69, 9.17) is 16.3 Å². The van der Waals surface area contributed by atoms with Crippen LogP contribution in [-0.2, 0) is 15.3 Å². The summed E-state index contributed by atoms with van der Waals surface area (Å²) in [7, 11) is 0. The monoisotopic (exact) mass is 363 g/mol. The molecule has 0 aliphatic carbocycles. The van der Waals surface area contributed by atoms with Gasteiger partial charge in [-0.15, -0.1) is 11.8 Å². The number of carbonyl (C=O) groups excluding carboxylic acids is 2. The minimum atomic E-state index is -0.329. The first-order valence-corrected chi connectivity index (χ1v) is 9.01. The van der Waals surface area contributed by atoms with Gasteiger partial charge in [-0.3, -0.25) is 4.79 Å². The Morgan fingerprint density at radius 1 is 1.17 bits per heavy atom. The molecule has 0 saturated heterocycles. The van der Waals surface area contributed by atoms with Gasteiger partial charge in [0.1, 0.15) is 0 Å². The molecule has 2 aromatic carbocycles. The molecular weight excluding hydrogens is 346 g/mol. The topological polar surface area (TPSA) is 55.4 Å². The van der Waals surface area contributed by atoms with Crippen molar-refractivity contribution in [2.75, 3.05) is 17.7 Å². The van der Waals surface area contributed by atoms with Crippen LogP contribution in [0.15, 0.2) is 48.5 Å². The van der Waals surface area contributed by atoms with Gasteiger partial charge in [0.05, 0.1) is 17.9 Å². The molecule has 2 aromatic rings. The van der Waals surface area contributed by atoms with Crippen LogP contribution < -0.4 is 5.32 Å². The Hall–Kier alpha value is -1.98. The molecule has 6 heteroatoms. The third-order valence-corrected chi connectivity index (χ3v) is 4.32. The molecule has 0 radical (unpaired) electrons. The highest BCUT2D eigenvalue weighted by Crippen LogP contribution is 2.16. The molecule has 0 heterocycles. The molecule has 0 bridgehead atoms. The Kier molecular flexibility index (Phi) is 7.15. The van der Waals surface area contributed by atoms with E-state index >= 15 is 0 Å². The molecule has 24 heavy (non-hydrogen) atoms. The molecule has 126 valence electrons. The number of anilines is 1. The fraction of sp³-hybridized carbons (Fsp3) is 0.222. The first-order chi connectivity index (χ1) is 11.6. The Bertz CT molecular complexity index is 704. The smallest absolute Gasteiger partial charge is 0.338 e. The summed E-state index contributed by atoms with van der Waals surface area (Å²) in [5, 5.41) is 3.44. The zero-order valence-electron chi connectivity index (χ0n) is 13.3. The van der Waals surface area contributed by atoms with Gasteiger partial charge in [-0.1, -0.05) is 23.7 Å². The number of hydrogen-bond donors (Lipinski definition) is 1. The average Bonchev–Trinajstić information content (AvgIpc) is 2.57. The highest BCUT2D eigenvalue weighted by atomic mass is 35.5. The normalized spacial score (nSPS) is 10.2. The average molecular weight is 364 g/mol. The summed E-state index contributed by atoms with van der Waals surface area (Å²) >= 11 is 7.29. The summed E-state index contributed by atoms with van der Waals surface area (Å²) in [6, 6.07) is 14.2. The second-order valence-corrected chi connectivity index (χ2v) is 6.39. The van der Waals surface area contributed by atoms with Crippen LogP contribution in [0.25, 0.3) is 0 Å². The van der Waals surface area contributed by atoms with Crippen LogP contribution in [0.4, 0.5) is 5.69 Å². The summed E-state index contributed by atoms with van der Waals surface area (Å²) < 4.78 is 4.98. The number of thioether (sulfide) groups is 1. The summed E-state index contributed by atoms with van der Waals surface area (Å²) in [4.78, 5) is 23.6. The number of ether oxygens (including phenoxy) is 1. The molecule has 0 fully saturated rings. The number of hydrogen-bond acceptors (Lipinski definition) is 4. The number of nitrogens with one attached hydrogen (secondary N) is 1. The number of halogens is 1. The second kappa shape index (κ2) is 9.35. The van der Waals surface area contributed by atoms with Crippen LogP contribution >= 0.6 is 23.4 Å². The van der Waals surface area contributed by atoms with Gasteiger partial charge in [0, 0.05) is 16.5 Å². The Balaban J connectivity index is 1.81. The van der Waals surface area contributed by atoms with E-state index in [0.29, 0.717) is 34.4 Å². The predicted octanol–water partition coefficient (Wildman–Crippen LogP) is 4.39. The molecule has 1 amide bonds. The summed E-state index contributed by atoms with van der Waals surface area (Å²) in [6.45, 7) is 2.12. The minimum absolute atomic E-state index is 0.0798. The minimum Gasteiger partial charge on any atom is -0.462 e. The van der Waals surface area contributed by atoms with Crippen molar-refractivity contribution in [1.82, 2.24) is 0 Å². The van der Waals surface area contributed by atoms with Crippen molar-refractivity contribution >= 4 is 40.9 Å². The van der Waals surface area contributed by atoms with Crippen LogP contribution in [-0.4, -0.2) is 24.2 Å². The summed E-state index contributed by atoms with van der Waals surface area (Å²) in [6.07, 6.45) is 0. The van der Waals surface area contributed by atoms with Gasteiger partial charge in [0.25, 0.3) is 0 Å². The fourth-order valence-corrected chi connectivity index (χ4v) is 2.90.